The zero-order valence-corrected chi connectivity index (χ0v) is 18.8. The van der Waals surface area contributed by atoms with E-state index in [1.165, 1.54) is 16.3 Å². The summed E-state index contributed by atoms with van der Waals surface area (Å²) in [5.74, 6) is 0.912. The van der Waals surface area contributed by atoms with Crippen molar-refractivity contribution in [3.8, 4) is 28.2 Å². The van der Waals surface area contributed by atoms with E-state index in [4.69, 9.17) is 4.98 Å². The van der Waals surface area contributed by atoms with Crippen LogP contribution in [0.4, 0.5) is 0 Å². The molecule has 32 heavy (non-hydrogen) atoms. The molecule has 0 bridgehead atoms. The Morgan fingerprint density at radius 3 is 2.00 bits per heavy atom. The molecule has 0 fully saturated rings. The average molecular weight is 475 g/mol. The van der Waals surface area contributed by atoms with E-state index in [2.05, 4.69) is 124 Å². The van der Waals surface area contributed by atoms with E-state index in [9.17, 15) is 0 Å². The third kappa shape index (κ3) is 3.14. The van der Waals surface area contributed by atoms with Gasteiger partial charge in [0.15, 0.2) is 0 Å². The summed E-state index contributed by atoms with van der Waals surface area (Å²) in [4.78, 5) is 5.15. The summed E-state index contributed by atoms with van der Waals surface area (Å²) in [7, 11) is 0. The first-order valence-corrected chi connectivity index (χ1v) is 11.4. The molecule has 152 valence electrons. The second kappa shape index (κ2) is 7.77. The highest BCUT2D eigenvalue weighted by atomic mass is 79.9. The molecule has 2 nitrogen and oxygen atoms in total. The van der Waals surface area contributed by atoms with E-state index in [1.807, 2.05) is 12.1 Å². The van der Waals surface area contributed by atoms with E-state index in [-0.39, 0.29) is 0 Å². The zero-order chi connectivity index (χ0) is 21.5. The molecule has 0 aliphatic heterocycles. The first-order valence-electron chi connectivity index (χ1n) is 10.6. The molecule has 0 saturated carbocycles. The van der Waals surface area contributed by atoms with E-state index in [1.54, 1.807) is 0 Å². The highest BCUT2D eigenvalue weighted by Crippen LogP contribution is 2.37. The molecule has 0 aliphatic rings. The number of fused-ring (bicyclic) bond motifs is 3. The number of rotatable bonds is 3. The van der Waals surface area contributed by atoms with Crippen molar-refractivity contribution < 1.29 is 0 Å². The van der Waals surface area contributed by atoms with Crippen molar-refractivity contribution in [1.29, 1.82) is 0 Å². The SMILES string of the molecule is Brc1cccc2c1c1ccccc1n2-c1cc(-c2ccccc2)cc(-c2ccccc2)n1. The molecule has 0 radical (unpaired) electrons. The number of halogens is 1. The highest BCUT2D eigenvalue weighted by molar-refractivity contribution is 9.10. The van der Waals surface area contributed by atoms with Crippen LogP contribution < -0.4 is 0 Å². The van der Waals surface area contributed by atoms with Gasteiger partial charge in [-0.25, -0.2) is 4.98 Å². The maximum atomic E-state index is 5.15. The predicted molar refractivity (Wildman–Crippen MR) is 137 cm³/mol. The molecule has 2 aromatic heterocycles. The molecule has 0 aliphatic carbocycles. The molecule has 0 N–H and O–H groups in total. The Morgan fingerprint density at radius 1 is 0.562 bits per heavy atom. The van der Waals surface area contributed by atoms with Gasteiger partial charge < -0.3 is 0 Å². The van der Waals surface area contributed by atoms with E-state index in [0.29, 0.717) is 0 Å². The van der Waals surface area contributed by atoms with Gasteiger partial charge in [0, 0.05) is 20.8 Å². The van der Waals surface area contributed by atoms with Crippen LogP contribution in [0.25, 0.3) is 50.0 Å². The Bertz CT molecular complexity index is 1510. The standard InChI is InChI=1S/C29H19BrN2/c30-24-15-9-17-27-29(24)23-14-7-8-16-26(23)32(27)28-19-22(20-10-3-1-4-11-20)18-25(31-28)21-12-5-2-6-13-21/h1-19H. The van der Waals surface area contributed by atoms with Gasteiger partial charge in [0.1, 0.15) is 5.82 Å². The number of benzene rings is 4. The van der Waals surface area contributed by atoms with Crippen LogP contribution in [-0.2, 0) is 0 Å². The van der Waals surface area contributed by atoms with Gasteiger partial charge in [-0.05, 0) is 41.5 Å². The van der Waals surface area contributed by atoms with Crippen molar-refractivity contribution in [3.05, 3.63) is 120 Å². The summed E-state index contributed by atoms with van der Waals surface area (Å²) in [6.45, 7) is 0. The van der Waals surface area contributed by atoms with Crippen molar-refractivity contribution in [1.82, 2.24) is 9.55 Å². The minimum Gasteiger partial charge on any atom is -0.294 e. The van der Waals surface area contributed by atoms with Crippen molar-refractivity contribution in [2.75, 3.05) is 0 Å². The molecular weight excluding hydrogens is 456 g/mol. The maximum Gasteiger partial charge on any atom is 0.138 e. The van der Waals surface area contributed by atoms with Gasteiger partial charge in [-0.3, -0.25) is 4.57 Å². The lowest BCUT2D eigenvalue weighted by molar-refractivity contribution is 1.08. The lowest BCUT2D eigenvalue weighted by atomic mass is 10.0. The molecule has 0 unspecified atom stereocenters. The first kappa shape index (κ1) is 19.0. The van der Waals surface area contributed by atoms with Crippen LogP contribution in [0.2, 0.25) is 0 Å². The predicted octanol–water partition coefficient (Wildman–Crippen LogP) is 8.28. The van der Waals surface area contributed by atoms with Crippen LogP contribution in [0.5, 0.6) is 0 Å². The van der Waals surface area contributed by atoms with Gasteiger partial charge >= 0.3 is 0 Å². The Morgan fingerprint density at radius 2 is 1.22 bits per heavy atom. The van der Waals surface area contributed by atoms with Crippen LogP contribution in [0, 0.1) is 0 Å². The molecule has 0 spiro atoms. The lowest BCUT2D eigenvalue weighted by Gasteiger charge is -2.13. The van der Waals surface area contributed by atoms with Crippen molar-refractivity contribution in [2.24, 2.45) is 0 Å². The third-order valence-electron chi connectivity index (χ3n) is 5.86. The second-order valence-electron chi connectivity index (χ2n) is 7.82. The van der Waals surface area contributed by atoms with Gasteiger partial charge in [0.25, 0.3) is 0 Å². The summed E-state index contributed by atoms with van der Waals surface area (Å²) in [6.07, 6.45) is 0. The fourth-order valence-corrected chi connectivity index (χ4v) is 4.98. The lowest BCUT2D eigenvalue weighted by Crippen LogP contribution is -2.00. The normalized spacial score (nSPS) is 11.3. The maximum absolute atomic E-state index is 5.15. The minimum atomic E-state index is 0.912. The largest absolute Gasteiger partial charge is 0.294 e. The summed E-state index contributed by atoms with van der Waals surface area (Å²) >= 11 is 3.77. The van der Waals surface area contributed by atoms with Crippen molar-refractivity contribution in [2.45, 2.75) is 0 Å². The smallest absolute Gasteiger partial charge is 0.138 e. The number of nitrogens with zero attached hydrogens (tertiary/aromatic N) is 2. The minimum absolute atomic E-state index is 0.912. The molecular formula is C29H19BrN2. The molecule has 0 amide bonds. The number of hydrogen-bond donors (Lipinski definition) is 0. The molecule has 6 rings (SSSR count). The number of pyridine rings is 1. The van der Waals surface area contributed by atoms with Gasteiger partial charge in [0.2, 0.25) is 0 Å². The molecule has 4 aromatic carbocycles. The monoisotopic (exact) mass is 474 g/mol. The van der Waals surface area contributed by atoms with E-state index >= 15 is 0 Å². The fraction of sp³-hybridized carbons (Fsp3) is 0. The Kier molecular flexibility index (Phi) is 4.62. The topological polar surface area (TPSA) is 17.8 Å². The average Bonchev–Trinajstić information content (AvgIpc) is 3.20. The third-order valence-corrected chi connectivity index (χ3v) is 6.53. The fourth-order valence-electron chi connectivity index (χ4n) is 4.41. The molecule has 2 heterocycles. The highest BCUT2D eigenvalue weighted by Gasteiger charge is 2.16. The van der Waals surface area contributed by atoms with Crippen molar-refractivity contribution >= 4 is 37.7 Å². The molecule has 6 aromatic rings. The number of para-hydroxylation sites is 1. The number of hydrogen-bond acceptors (Lipinski definition) is 1. The van der Waals surface area contributed by atoms with E-state index in [0.717, 1.165) is 38.1 Å². The first-order chi connectivity index (χ1) is 15.8. The zero-order valence-electron chi connectivity index (χ0n) is 17.2. The molecule has 3 heteroatoms. The summed E-state index contributed by atoms with van der Waals surface area (Å²) < 4.78 is 3.36. The summed E-state index contributed by atoms with van der Waals surface area (Å²) in [6, 6.07) is 40.1. The van der Waals surface area contributed by atoms with Crippen LogP contribution in [0.15, 0.2) is 120 Å². The quantitative estimate of drug-likeness (QED) is 0.252. The molecule has 0 atom stereocenters. The van der Waals surface area contributed by atoms with Gasteiger partial charge in [-0.2, -0.15) is 0 Å². The molecule has 0 saturated heterocycles. The van der Waals surface area contributed by atoms with Gasteiger partial charge in [0.05, 0.1) is 16.7 Å². The Labute approximate surface area is 194 Å². The summed E-state index contributed by atoms with van der Waals surface area (Å²) in [5.41, 5.74) is 6.67. The van der Waals surface area contributed by atoms with Crippen LogP contribution >= 0.6 is 15.9 Å². The number of aromatic nitrogens is 2. The van der Waals surface area contributed by atoms with Crippen LogP contribution in [0.3, 0.4) is 0 Å². The van der Waals surface area contributed by atoms with Gasteiger partial charge in [-0.15, -0.1) is 0 Å². The van der Waals surface area contributed by atoms with Crippen molar-refractivity contribution in [3.63, 3.8) is 0 Å². The van der Waals surface area contributed by atoms with Crippen LogP contribution in [0.1, 0.15) is 0 Å². The van der Waals surface area contributed by atoms with Crippen LogP contribution in [-0.4, -0.2) is 9.55 Å². The van der Waals surface area contributed by atoms with E-state index < -0.39 is 0 Å². The Balaban J connectivity index is 1.71. The Hall–Kier alpha value is -3.69. The van der Waals surface area contributed by atoms with Gasteiger partial charge in [-0.1, -0.05) is 101 Å². The second-order valence-corrected chi connectivity index (χ2v) is 8.67. The summed E-state index contributed by atoms with van der Waals surface area (Å²) in [5, 5.41) is 2.42.